The van der Waals surface area contributed by atoms with E-state index in [1.807, 2.05) is 24.3 Å². The van der Waals surface area contributed by atoms with Gasteiger partial charge in [0.25, 0.3) is 0 Å². The van der Waals surface area contributed by atoms with E-state index in [9.17, 15) is 14.4 Å². The summed E-state index contributed by atoms with van der Waals surface area (Å²) >= 11 is 0. The Balaban J connectivity index is 1.65. The number of ether oxygens (including phenoxy) is 2. The van der Waals surface area contributed by atoms with Crippen molar-refractivity contribution in [2.75, 3.05) is 14.2 Å². The molecule has 0 saturated heterocycles. The maximum Gasteiger partial charge on any atom is 0.329 e. The summed E-state index contributed by atoms with van der Waals surface area (Å²) in [6.45, 7) is 0.429. The lowest BCUT2D eigenvalue weighted by molar-refractivity contribution is 0.103. The Hall–Kier alpha value is -4.91. The number of carbonyl (C=O) groups excluding carboxylic acids is 2. The van der Waals surface area contributed by atoms with Gasteiger partial charge in [-0.3, -0.25) is 18.7 Å². The van der Waals surface area contributed by atoms with Crippen LogP contribution in [0.2, 0.25) is 0 Å². The minimum Gasteiger partial charge on any atom is -0.496 e. The molecule has 0 radical (unpaired) electrons. The van der Waals surface area contributed by atoms with E-state index < -0.39 is 0 Å². The molecule has 2 heterocycles. The fourth-order valence-electron chi connectivity index (χ4n) is 5.14. The van der Waals surface area contributed by atoms with Gasteiger partial charge in [-0.2, -0.15) is 0 Å². The molecule has 7 nitrogen and oxygen atoms in total. The topological polar surface area (TPSA) is 79.5 Å². The number of imidazole rings is 1. The fourth-order valence-corrected chi connectivity index (χ4v) is 5.14. The SMILES string of the molecule is COc1ccc2cc1Cn1c(=O)n(c3ccccc31)Cc1cc(ccc1OC)C(=O)c1cccc(c1)C2=O. The summed E-state index contributed by atoms with van der Waals surface area (Å²) < 4.78 is 14.5. The first kappa shape index (κ1) is 23.5. The number of methoxy groups -OCH3 is 2. The van der Waals surface area contributed by atoms with Crippen LogP contribution in [0.3, 0.4) is 0 Å². The maximum atomic E-state index is 13.8. The normalized spacial score (nSPS) is 13.0. The molecule has 0 atom stereocenters. The summed E-state index contributed by atoms with van der Waals surface area (Å²) in [5.74, 6) is 0.705. The van der Waals surface area contributed by atoms with Gasteiger partial charge in [-0.25, -0.2) is 4.79 Å². The highest BCUT2D eigenvalue weighted by Gasteiger charge is 2.21. The molecule has 0 N–H and O–H groups in total. The van der Waals surface area contributed by atoms with E-state index in [2.05, 4.69) is 0 Å². The smallest absolute Gasteiger partial charge is 0.329 e. The summed E-state index contributed by atoms with van der Waals surface area (Å²) in [6.07, 6.45) is 0. The second-order valence-corrected chi connectivity index (χ2v) is 9.24. The van der Waals surface area contributed by atoms with Crippen molar-refractivity contribution in [2.24, 2.45) is 0 Å². The zero-order valence-corrected chi connectivity index (χ0v) is 20.9. The van der Waals surface area contributed by atoms with Gasteiger partial charge in [-0.05, 0) is 54.6 Å². The predicted octanol–water partition coefficient (Wildman–Crippen LogP) is 4.69. The molecule has 38 heavy (non-hydrogen) atoms. The Labute approximate surface area is 218 Å². The van der Waals surface area contributed by atoms with Gasteiger partial charge in [0.2, 0.25) is 0 Å². The monoisotopic (exact) mass is 504 g/mol. The largest absolute Gasteiger partial charge is 0.496 e. The van der Waals surface area contributed by atoms with Gasteiger partial charge in [0.1, 0.15) is 11.5 Å². The third-order valence-electron chi connectivity index (χ3n) is 7.05. The Morgan fingerprint density at radius 3 is 1.45 bits per heavy atom. The van der Waals surface area contributed by atoms with Gasteiger partial charge in [0, 0.05) is 33.4 Å². The molecule has 1 aromatic heterocycles. The number of nitrogens with zero attached hydrogens (tertiary/aromatic N) is 2. The van der Waals surface area contributed by atoms with E-state index in [0.29, 0.717) is 44.9 Å². The molecule has 188 valence electrons. The van der Waals surface area contributed by atoms with Gasteiger partial charge < -0.3 is 9.47 Å². The second kappa shape index (κ2) is 9.19. The van der Waals surface area contributed by atoms with Crippen molar-refractivity contribution in [1.29, 1.82) is 0 Å². The minimum atomic E-state index is -0.221. The number of para-hydroxylation sites is 2. The first-order chi connectivity index (χ1) is 18.5. The average molecular weight is 505 g/mol. The van der Waals surface area contributed by atoms with Crippen molar-refractivity contribution < 1.29 is 19.1 Å². The van der Waals surface area contributed by atoms with Crippen LogP contribution in [-0.2, 0) is 13.1 Å². The Bertz CT molecular complexity index is 1690. The summed E-state index contributed by atoms with van der Waals surface area (Å²) in [5.41, 5.74) is 4.37. The molecule has 0 spiro atoms. The third kappa shape index (κ3) is 3.80. The van der Waals surface area contributed by atoms with Crippen LogP contribution in [0.25, 0.3) is 11.0 Å². The van der Waals surface area contributed by atoms with Crippen molar-refractivity contribution in [3.8, 4) is 11.5 Å². The van der Waals surface area contributed by atoms with E-state index in [-0.39, 0.29) is 30.3 Å². The quantitative estimate of drug-likeness (QED) is 0.342. The third-order valence-corrected chi connectivity index (χ3v) is 7.05. The number of hydrogen-bond donors (Lipinski definition) is 0. The Kier molecular flexibility index (Phi) is 5.68. The first-order valence-corrected chi connectivity index (χ1v) is 12.2. The molecule has 0 aliphatic carbocycles. The van der Waals surface area contributed by atoms with E-state index in [4.69, 9.17) is 9.47 Å². The van der Waals surface area contributed by atoms with Crippen LogP contribution in [0.1, 0.15) is 43.0 Å². The van der Waals surface area contributed by atoms with Crippen LogP contribution in [0, 0.1) is 0 Å². The number of carbonyl (C=O) groups is 2. The Morgan fingerprint density at radius 1 is 0.553 bits per heavy atom. The first-order valence-electron chi connectivity index (χ1n) is 12.2. The van der Waals surface area contributed by atoms with Crippen molar-refractivity contribution in [1.82, 2.24) is 9.13 Å². The molecule has 0 saturated carbocycles. The van der Waals surface area contributed by atoms with Gasteiger partial charge in [0.05, 0.1) is 38.3 Å². The highest BCUT2D eigenvalue weighted by molar-refractivity contribution is 6.13. The molecule has 1 aliphatic heterocycles. The number of ketones is 2. The average Bonchev–Trinajstić information content (AvgIpc) is 3.22. The summed E-state index contributed by atoms with van der Waals surface area (Å²) in [4.78, 5) is 40.8. The molecule has 6 rings (SSSR count). The molecule has 7 heteroatoms. The van der Waals surface area contributed by atoms with Crippen molar-refractivity contribution >= 4 is 22.6 Å². The van der Waals surface area contributed by atoms with Gasteiger partial charge in [-0.1, -0.05) is 30.3 Å². The molecular formula is C31H24N2O5. The predicted molar refractivity (Wildman–Crippen MR) is 144 cm³/mol. The molecule has 0 fully saturated rings. The lowest BCUT2D eigenvalue weighted by Gasteiger charge is -2.13. The number of rotatable bonds is 2. The van der Waals surface area contributed by atoms with Gasteiger partial charge in [0.15, 0.2) is 11.6 Å². The van der Waals surface area contributed by atoms with E-state index in [0.717, 1.165) is 11.0 Å². The highest BCUT2D eigenvalue weighted by Crippen LogP contribution is 2.27. The van der Waals surface area contributed by atoms with Crippen molar-refractivity contribution in [3.05, 3.63) is 129 Å². The van der Waals surface area contributed by atoms with Crippen LogP contribution in [-0.4, -0.2) is 34.9 Å². The Morgan fingerprint density at radius 2 is 1.00 bits per heavy atom. The summed E-state index contributed by atoms with van der Waals surface area (Å²) in [5, 5.41) is 0. The van der Waals surface area contributed by atoms with Crippen LogP contribution >= 0.6 is 0 Å². The van der Waals surface area contributed by atoms with Crippen LogP contribution in [0.4, 0.5) is 0 Å². The molecule has 0 unspecified atom stereocenters. The van der Waals surface area contributed by atoms with Gasteiger partial charge >= 0.3 is 5.69 Å². The summed E-state index contributed by atoms with van der Waals surface area (Å²) in [7, 11) is 3.12. The van der Waals surface area contributed by atoms with E-state index in [1.165, 1.54) is 0 Å². The van der Waals surface area contributed by atoms with Crippen molar-refractivity contribution in [3.63, 3.8) is 0 Å². The van der Waals surface area contributed by atoms with Crippen LogP contribution < -0.4 is 15.2 Å². The number of hydrogen-bond acceptors (Lipinski definition) is 5. The number of aromatic nitrogens is 2. The lowest BCUT2D eigenvalue weighted by Crippen LogP contribution is -2.25. The standard InChI is InChI=1S/C31H24N2O5/c1-37-27-12-10-21-15-23(27)17-32-25-8-3-4-9-26(25)33(31(32)36)18-24-16-22(11-13-28(24)38-2)30(35)20-7-5-6-19(14-20)29(21)34/h3-16H,17-18H2,1-2H3. The van der Waals surface area contributed by atoms with E-state index >= 15 is 0 Å². The summed E-state index contributed by atoms with van der Waals surface area (Å²) in [6, 6.07) is 24.7. The highest BCUT2D eigenvalue weighted by atomic mass is 16.5. The zero-order chi connectivity index (χ0) is 26.4. The minimum absolute atomic E-state index is 0.215. The fraction of sp³-hybridized carbons (Fsp3) is 0.129. The van der Waals surface area contributed by atoms with Crippen LogP contribution in [0.5, 0.6) is 11.5 Å². The maximum absolute atomic E-state index is 13.8. The lowest BCUT2D eigenvalue weighted by atomic mass is 9.95. The molecule has 5 aromatic rings. The molecule has 1 aliphatic rings. The molecular weight excluding hydrogens is 480 g/mol. The van der Waals surface area contributed by atoms with Crippen molar-refractivity contribution in [2.45, 2.75) is 13.1 Å². The number of benzene rings is 4. The molecule has 4 aromatic carbocycles. The second-order valence-electron chi connectivity index (χ2n) is 9.24. The number of fused-ring (bicyclic) bond motifs is 11. The van der Waals surface area contributed by atoms with Gasteiger partial charge in [-0.15, -0.1) is 0 Å². The zero-order valence-electron chi connectivity index (χ0n) is 20.9. The van der Waals surface area contributed by atoms with E-state index in [1.54, 1.807) is 84.0 Å². The molecule has 8 bridgehead atoms. The molecule has 0 amide bonds. The van der Waals surface area contributed by atoms with Crippen LogP contribution in [0.15, 0.2) is 89.7 Å².